The fourth-order valence-electron chi connectivity index (χ4n) is 1.27. The van der Waals surface area contributed by atoms with Gasteiger partial charge in [0.05, 0.1) is 10.4 Å². The summed E-state index contributed by atoms with van der Waals surface area (Å²) >= 11 is 5.69. The summed E-state index contributed by atoms with van der Waals surface area (Å²) in [5, 5.41) is 10.3. The molecule has 2 rings (SSSR count). The molecule has 1 heterocycles. The van der Waals surface area contributed by atoms with Gasteiger partial charge in [-0.1, -0.05) is 11.6 Å². The van der Waals surface area contributed by atoms with Crippen molar-refractivity contribution in [2.24, 2.45) is 0 Å². The standard InChI is InChI=1S/C9H3ClF2N2O2/c10-9-4-1-5(11)6(12)2-7(4)13-3-8(9)14(15)16/h1-3H. The van der Waals surface area contributed by atoms with Crippen molar-refractivity contribution < 1.29 is 13.7 Å². The summed E-state index contributed by atoms with van der Waals surface area (Å²) in [6.45, 7) is 0. The minimum atomic E-state index is -1.13. The number of nitrogens with zero attached hydrogens (tertiary/aromatic N) is 2. The fraction of sp³-hybridized carbons (Fsp3) is 0. The van der Waals surface area contributed by atoms with Gasteiger partial charge in [0.15, 0.2) is 11.6 Å². The van der Waals surface area contributed by atoms with E-state index in [1.807, 2.05) is 0 Å². The van der Waals surface area contributed by atoms with Crippen LogP contribution in [-0.4, -0.2) is 9.91 Å². The maximum atomic E-state index is 12.9. The Labute approximate surface area is 92.6 Å². The van der Waals surface area contributed by atoms with Crippen LogP contribution in [-0.2, 0) is 0 Å². The zero-order valence-electron chi connectivity index (χ0n) is 7.58. The Morgan fingerprint density at radius 1 is 1.31 bits per heavy atom. The number of pyridine rings is 1. The first-order valence-corrected chi connectivity index (χ1v) is 4.46. The molecular formula is C9H3ClF2N2O2. The number of rotatable bonds is 1. The van der Waals surface area contributed by atoms with Crippen molar-refractivity contribution in [2.75, 3.05) is 0 Å². The van der Waals surface area contributed by atoms with Crippen LogP contribution >= 0.6 is 11.6 Å². The summed E-state index contributed by atoms with van der Waals surface area (Å²) in [4.78, 5) is 13.4. The van der Waals surface area contributed by atoms with Crippen molar-refractivity contribution in [3.63, 3.8) is 0 Å². The van der Waals surface area contributed by atoms with Crippen LogP contribution in [0.3, 0.4) is 0 Å². The first-order chi connectivity index (χ1) is 7.50. The van der Waals surface area contributed by atoms with Crippen LogP contribution in [0.4, 0.5) is 14.5 Å². The maximum Gasteiger partial charge on any atom is 0.306 e. The third-order valence-electron chi connectivity index (χ3n) is 2.02. The lowest BCUT2D eigenvalue weighted by Crippen LogP contribution is -1.93. The van der Waals surface area contributed by atoms with E-state index in [1.165, 1.54) is 0 Å². The van der Waals surface area contributed by atoms with Crippen molar-refractivity contribution in [3.8, 4) is 0 Å². The number of nitro groups is 1. The van der Waals surface area contributed by atoms with Gasteiger partial charge in [-0.25, -0.2) is 13.8 Å². The Hall–Kier alpha value is -1.82. The smallest absolute Gasteiger partial charge is 0.258 e. The molecule has 0 aliphatic carbocycles. The molecule has 0 saturated heterocycles. The Balaban J connectivity index is 2.84. The molecule has 0 unspecified atom stereocenters. The van der Waals surface area contributed by atoms with Crippen molar-refractivity contribution in [2.45, 2.75) is 0 Å². The van der Waals surface area contributed by atoms with E-state index < -0.39 is 22.2 Å². The second kappa shape index (κ2) is 3.64. The highest BCUT2D eigenvalue weighted by Gasteiger charge is 2.17. The fourth-order valence-corrected chi connectivity index (χ4v) is 1.54. The van der Waals surface area contributed by atoms with Crippen LogP contribution in [0.5, 0.6) is 0 Å². The maximum absolute atomic E-state index is 12.9. The molecular weight excluding hydrogens is 242 g/mol. The Kier molecular flexibility index (Phi) is 2.43. The van der Waals surface area contributed by atoms with Crippen LogP contribution in [0.15, 0.2) is 18.3 Å². The summed E-state index contributed by atoms with van der Waals surface area (Å²) in [6, 6.07) is 1.62. The molecule has 0 aliphatic rings. The normalized spacial score (nSPS) is 10.7. The van der Waals surface area contributed by atoms with Crippen molar-refractivity contribution in [3.05, 3.63) is 45.1 Å². The van der Waals surface area contributed by atoms with Gasteiger partial charge in [0.25, 0.3) is 0 Å². The third-order valence-corrected chi connectivity index (χ3v) is 2.42. The van der Waals surface area contributed by atoms with Gasteiger partial charge in [0, 0.05) is 11.5 Å². The summed E-state index contributed by atoms with van der Waals surface area (Å²) in [5.41, 5.74) is -0.380. The Morgan fingerprint density at radius 3 is 2.56 bits per heavy atom. The van der Waals surface area contributed by atoms with Gasteiger partial charge in [0.2, 0.25) is 0 Å². The van der Waals surface area contributed by atoms with Gasteiger partial charge in [0.1, 0.15) is 11.2 Å². The third kappa shape index (κ3) is 1.57. The lowest BCUT2D eigenvalue weighted by atomic mass is 10.2. The predicted molar refractivity (Wildman–Crippen MR) is 53.3 cm³/mol. The molecule has 0 atom stereocenters. The molecule has 1 aromatic carbocycles. The number of hydrogen-bond donors (Lipinski definition) is 0. The van der Waals surface area contributed by atoms with E-state index in [1.54, 1.807) is 0 Å². The Bertz CT molecular complexity index is 604. The van der Waals surface area contributed by atoms with Gasteiger partial charge in [-0.05, 0) is 6.07 Å². The summed E-state index contributed by atoms with van der Waals surface area (Å²) < 4.78 is 25.8. The molecule has 7 heteroatoms. The zero-order chi connectivity index (χ0) is 11.9. The molecule has 0 N–H and O–H groups in total. The number of aromatic nitrogens is 1. The topological polar surface area (TPSA) is 56.0 Å². The van der Waals surface area contributed by atoms with Gasteiger partial charge in [-0.15, -0.1) is 0 Å². The number of benzene rings is 1. The molecule has 0 aliphatic heterocycles. The largest absolute Gasteiger partial charge is 0.306 e. The first kappa shape index (κ1) is 10.7. The molecule has 0 radical (unpaired) electrons. The second-order valence-electron chi connectivity index (χ2n) is 3.00. The first-order valence-electron chi connectivity index (χ1n) is 4.08. The molecule has 16 heavy (non-hydrogen) atoms. The average Bonchev–Trinajstić information content (AvgIpc) is 2.21. The van der Waals surface area contributed by atoms with E-state index >= 15 is 0 Å². The highest BCUT2D eigenvalue weighted by atomic mass is 35.5. The van der Waals surface area contributed by atoms with Crippen molar-refractivity contribution in [1.82, 2.24) is 4.98 Å². The van der Waals surface area contributed by atoms with E-state index in [-0.39, 0.29) is 15.9 Å². The molecule has 0 spiro atoms. The summed E-state index contributed by atoms with van der Waals surface area (Å²) in [6.07, 6.45) is 0.905. The predicted octanol–water partition coefficient (Wildman–Crippen LogP) is 3.07. The quantitative estimate of drug-likeness (QED) is 0.572. The minimum absolute atomic E-state index is 0.00904. The second-order valence-corrected chi connectivity index (χ2v) is 3.38. The SMILES string of the molecule is O=[N+]([O-])c1cnc2cc(F)c(F)cc2c1Cl. The van der Waals surface area contributed by atoms with E-state index in [9.17, 15) is 18.9 Å². The highest BCUT2D eigenvalue weighted by Crippen LogP contribution is 2.31. The molecule has 2 aromatic rings. The molecule has 0 bridgehead atoms. The van der Waals surface area contributed by atoms with E-state index in [4.69, 9.17) is 11.6 Å². The minimum Gasteiger partial charge on any atom is -0.258 e. The van der Waals surface area contributed by atoms with Gasteiger partial charge < -0.3 is 0 Å². The van der Waals surface area contributed by atoms with Gasteiger partial charge in [-0.2, -0.15) is 0 Å². The number of fused-ring (bicyclic) bond motifs is 1. The van der Waals surface area contributed by atoms with E-state index in [2.05, 4.69) is 4.98 Å². The highest BCUT2D eigenvalue weighted by molar-refractivity contribution is 6.37. The van der Waals surface area contributed by atoms with Crippen LogP contribution in [0.2, 0.25) is 5.02 Å². The summed E-state index contributed by atoms with van der Waals surface area (Å²) in [7, 11) is 0. The van der Waals surface area contributed by atoms with Crippen molar-refractivity contribution in [1.29, 1.82) is 0 Å². The van der Waals surface area contributed by atoms with Crippen LogP contribution in [0.25, 0.3) is 10.9 Å². The van der Waals surface area contributed by atoms with Crippen molar-refractivity contribution >= 4 is 28.2 Å². The van der Waals surface area contributed by atoms with Crippen LogP contribution in [0, 0.1) is 21.7 Å². The molecule has 0 fully saturated rings. The molecule has 1 aromatic heterocycles. The zero-order valence-corrected chi connectivity index (χ0v) is 8.33. The molecule has 0 saturated carbocycles. The number of hydrogen-bond acceptors (Lipinski definition) is 3. The molecule has 82 valence electrons. The lowest BCUT2D eigenvalue weighted by molar-refractivity contribution is -0.384. The van der Waals surface area contributed by atoms with E-state index in [0.717, 1.165) is 18.3 Å². The van der Waals surface area contributed by atoms with Gasteiger partial charge in [-0.3, -0.25) is 10.1 Å². The van der Waals surface area contributed by atoms with Crippen LogP contribution in [0.1, 0.15) is 0 Å². The number of halogens is 3. The molecule has 0 amide bonds. The molecule has 4 nitrogen and oxygen atoms in total. The Morgan fingerprint density at radius 2 is 1.94 bits per heavy atom. The average molecular weight is 245 g/mol. The monoisotopic (exact) mass is 244 g/mol. The van der Waals surface area contributed by atoms with Gasteiger partial charge >= 0.3 is 5.69 Å². The summed E-state index contributed by atoms with van der Waals surface area (Å²) in [5.74, 6) is -2.21. The van der Waals surface area contributed by atoms with Crippen LogP contribution < -0.4 is 0 Å². The lowest BCUT2D eigenvalue weighted by Gasteiger charge is -2.01. The van der Waals surface area contributed by atoms with E-state index in [0.29, 0.717) is 0 Å².